The number of methoxy groups -OCH3 is 1. The van der Waals surface area contributed by atoms with Gasteiger partial charge >= 0.3 is 6.09 Å². The first-order chi connectivity index (χ1) is 17.8. The third-order valence-electron chi connectivity index (χ3n) is 5.33. The van der Waals surface area contributed by atoms with E-state index in [1.807, 2.05) is 0 Å². The number of hydrogen-bond donors (Lipinski definition) is 2. The number of azo groups is 1. The lowest BCUT2D eigenvalue weighted by Crippen LogP contribution is -2.15. The van der Waals surface area contributed by atoms with E-state index in [1.54, 1.807) is 55.5 Å². The second kappa shape index (κ2) is 10.9. The Morgan fingerprint density at radius 2 is 1.76 bits per heavy atom. The second-order valence-corrected chi connectivity index (χ2v) is 8.01. The molecule has 4 aromatic rings. The third-order valence-corrected chi connectivity index (χ3v) is 5.56. The molecule has 11 heteroatoms. The minimum Gasteiger partial charge on any atom is -0.496 e. The van der Waals surface area contributed by atoms with Gasteiger partial charge in [-0.15, -0.1) is 10.2 Å². The number of hydrogen-bond acceptors (Lipinski definition) is 7. The Hall–Kier alpha value is -4.70. The molecule has 3 aromatic carbocycles. The SMILES string of the molecule is CCOC(=O)n1c(O)c(N=NC(=O)c2ccccc2NC(=O)c2cc(Cl)ccc2OC)c2ccccc21. The normalized spacial score (nSPS) is 11.0. The summed E-state index contributed by atoms with van der Waals surface area (Å²) in [6.07, 6.45) is -0.798. The monoisotopic (exact) mass is 520 g/mol. The van der Waals surface area contributed by atoms with Crippen LogP contribution in [0, 0.1) is 0 Å². The quantitative estimate of drug-likeness (QED) is 0.291. The number of ether oxygens (including phenoxy) is 2. The molecule has 0 saturated heterocycles. The number of benzene rings is 3. The molecule has 0 spiro atoms. The third kappa shape index (κ3) is 5.14. The van der Waals surface area contributed by atoms with E-state index in [1.165, 1.54) is 25.3 Å². The van der Waals surface area contributed by atoms with E-state index in [-0.39, 0.29) is 29.1 Å². The highest BCUT2D eigenvalue weighted by Gasteiger charge is 2.23. The summed E-state index contributed by atoms with van der Waals surface area (Å²) in [5, 5.41) is 21.8. The second-order valence-electron chi connectivity index (χ2n) is 7.57. The van der Waals surface area contributed by atoms with Crippen LogP contribution in [0.25, 0.3) is 10.9 Å². The van der Waals surface area contributed by atoms with Crippen molar-refractivity contribution in [3.8, 4) is 11.6 Å². The van der Waals surface area contributed by atoms with Crippen LogP contribution in [0.3, 0.4) is 0 Å². The number of nitrogens with zero attached hydrogens (tertiary/aromatic N) is 3. The van der Waals surface area contributed by atoms with Gasteiger partial charge < -0.3 is 19.9 Å². The van der Waals surface area contributed by atoms with Crippen molar-refractivity contribution in [1.82, 2.24) is 4.57 Å². The lowest BCUT2D eigenvalue weighted by molar-refractivity contribution is 0.0996. The van der Waals surface area contributed by atoms with Crippen molar-refractivity contribution < 1.29 is 29.0 Å². The predicted molar refractivity (Wildman–Crippen MR) is 137 cm³/mol. The van der Waals surface area contributed by atoms with Gasteiger partial charge in [-0.1, -0.05) is 41.9 Å². The number of carbonyl (C=O) groups is 3. The molecule has 4 rings (SSSR count). The lowest BCUT2D eigenvalue weighted by atomic mass is 10.1. The smallest absolute Gasteiger partial charge is 0.421 e. The fourth-order valence-corrected chi connectivity index (χ4v) is 3.83. The zero-order valence-corrected chi connectivity index (χ0v) is 20.5. The maximum Gasteiger partial charge on any atom is 0.421 e. The number of amides is 2. The maximum absolute atomic E-state index is 13.0. The summed E-state index contributed by atoms with van der Waals surface area (Å²) in [6, 6.07) is 17.4. The Labute approximate surface area is 216 Å². The molecule has 10 nitrogen and oxygen atoms in total. The molecule has 0 bridgehead atoms. The molecule has 2 amide bonds. The van der Waals surface area contributed by atoms with Crippen molar-refractivity contribution in [2.75, 3.05) is 19.0 Å². The van der Waals surface area contributed by atoms with Crippen LogP contribution in [0.2, 0.25) is 5.02 Å². The van der Waals surface area contributed by atoms with E-state index in [9.17, 15) is 19.5 Å². The molecule has 0 fully saturated rings. The molecule has 0 aliphatic rings. The highest BCUT2D eigenvalue weighted by atomic mass is 35.5. The van der Waals surface area contributed by atoms with E-state index < -0.39 is 23.8 Å². The highest BCUT2D eigenvalue weighted by Crippen LogP contribution is 2.39. The van der Waals surface area contributed by atoms with Crippen LogP contribution in [0.15, 0.2) is 77.0 Å². The van der Waals surface area contributed by atoms with E-state index >= 15 is 0 Å². The minimum absolute atomic E-state index is 0.0502. The maximum atomic E-state index is 13.0. The van der Waals surface area contributed by atoms with E-state index in [0.717, 1.165) is 4.57 Å². The Morgan fingerprint density at radius 3 is 2.51 bits per heavy atom. The highest BCUT2D eigenvalue weighted by molar-refractivity contribution is 6.31. The van der Waals surface area contributed by atoms with E-state index in [2.05, 4.69) is 15.5 Å². The molecule has 0 unspecified atom stereocenters. The van der Waals surface area contributed by atoms with Crippen molar-refractivity contribution >= 4 is 51.8 Å². The predicted octanol–water partition coefficient (Wildman–Crippen LogP) is 6.19. The first-order valence-corrected chi connectivity index (χ1v) is 11.4. The van der Waals surface area contributed by atoms with Crippen LogP contribution in [0.4, 0.5) is 16.2 Å². The summed E-state index contributed by atoms with van der Waals surface area (Å²) in [5.74, 6) is -1.56. The molecule has 1 aromatic heterocycles. The zero-order valence-electron chi connectivity index (χ0n) is 19.8. The Bertz CT molecular complexity index is 1550. The Balaban J connectivity index is 1.66. The zero-order chi connectivity index (χ0) is 26.5. The number of anilines is 1. The van der Waals surface area contributed by atoms with Crippen molar-refractivity contribution in [1.29, 1.82) is 0 Å². The lowest BCUT2D eigenvalue weighted by Gasteiger charge is -2.11. The van der Waals surface area contributed by atoms with Gasteiger partial charge in [-0.25, -0.2) is 9.36 Å². The van der Waals surface area contributed by atoms with Gasteiger partial charge in [-0.2, -0.15) is 0 Å². The van der Waals surface area contributed by atoms with Gasteiger partial charge in [0.2, 0.25) is 5.88 Å². The molecular formula is C26H21ClN4O6. The van der Waals surface area contributed by atoms with Crippen LogP contribution in [0.5, 0.6) is 11.6 Å². The van der Waals surface area contributed by atoms with Crippen LogP contribution in [-0.2, 0) is 4.74 Å². The fourth-order valence-electron chi connectivity index (χ4n) is 3.66. The molecule has 0 radical (unpaired) electrons. The number of carbonyl (C=O) groups excluding carboxylic acids is 3. The average Bonchev–Trinajstić information content (AvgIpc) is 3.18. The summed E-state index contributed by atoms with van der Waals surface area (Å²) in [6.45, 7) is 1.74. The van der Waals surface area contributed by atoms with E-state index in [4.69, 9.17) is 21.1 Å². The van der Waals surface area contributed by atoms with Crippen LogP contribution < -0.4 is 10.1 Å². The molecule has 0 aliphatic heterocycles. The molecule has 2 N–H and O–H groups in total. The first-order valence-electron chi connectivity index (χ1n) is 11.0. The Morgan fingerprint density at radius 1 is 1.03 bits per heavy atom. The largest absolute Gasteiger partial charge is 0.496 e. The van der Waals surface area contributed by atoms with Crippen molar-refractivity contribution in [2.45, 2.75) is 6.92 Å². The summed E-state index contributed by atoms with van der Waals surface area (Å²) in [7, 11) is 1.42. The number of fused-ring (bicyclic) bond motifs is 1. The minimum atomic E-state index is -0.798. The first kappa shape index (κ1) is 25.4. The molecule has 1 heterocycles. The number of halogens is 1. The number of nitrogens with one attached hydrogen (secondary N) is 1. The van der Waals surface area contributed by atoms with Crippen LogP contribution in [0.1, 0.15) is 27.6 Å². The van der Waals surface area contributed by atoms with Gasteiger partial charge in [0, 0.05) is 10.4 Å². The molecule has 37 heavy (non-hydrogen) atoms. The van der Waals surface area contributed by atoms with Gasteiger partial charge in [-0.05, 0) is 43.3 Å². The number of aromatic hydroxyl groups is 1. The summed E-state index contributed by atoms with van der Waals surface area (Å²) < 4.78 is 11.2. The van der Waals surface area contributed by atoms with Gasteiger partial charge in [0.25, 0.3) is 11.8 Å². The summed E-state index contributed by atoms with van der Waals surface area (Å²) in [4.78, 5) is 38.3. The number of para-hydroxylation sites is 2. The summed E-state index contributed by atoms with van der Waals surface area (Å²) in [5.41, 5.74) is 0.659. The molecular weight excluding hydrogens is 500 g/mol. The van der Waals surface area contributed by atoms with Gasteiger partial charge in [-0.3, -0.25) is 9.59 Å². The number of aromatic nitrogens is 1. The van der Waals surface area contributed by atoms with E-state index in [0.29, 0.717) is 21.7 Å². The summed E-state index contributed by atoms with van der Waals surface area (Å²) >= 11 is 6.03. The van der Waals surface area contributed by atoms with Crippen LogP contribution >= 0.6 is 11.6 Å². The van der Waals surface area contributed by atoms with Crippen molar-refractivity contribution in [3.05, 3.63) is 82.9 Å². The molecule has 188 valence electrons. The van der Waals surface area contributed by atoms with Gasteiger partial charge in [0.1, 0.15) is 5.75 Å². The molecule has 0 aliphatic carbocycles. The number of rotatable bonds is 6. The van der Waals surface area contributed by atoms with Gasteiger partial charge in [0.15, 0.2) is 5.69 Å². The molecule has 0 atom stereocenters. The standard InChI is InChI=1S/C26H21ClN4O6/c1-3-37-26(35)31-20-11-7-5-9-17(20)22(25(31)34)29-30-24(33)16-8-4-6-10-19(16)28-23(32)18-14-15(27)12-13-21(18)36-2/h4-14,34H,3H2,1-2H3,(H,28,32). The molecule has 0 saturated carbocycles. The van der Waals surface area contributed by atoms with Crippen LogP contribution in [-0.4, -0.2) is 41.3 Å². The van der Waals surface area contributed by atoms with Crippen molar-refractivity contribution in [2.24, 2.45) is 10.2 Å². The van der Waals surface area contributed by atoms with Gasteiger partial charge in [0.05, 0.1) is 36.0 Å². The van der Waals surface area contributed by atoms with Crippen molar-refractivity contribution in [3.63, 3.8) is 0 Å². The fraction of sp³-hybridized carbons (Fsp3) is 0.115. The topological polar surface area (TPSA) is 132 Å². The Kier molecular flexibility index (Phi) is 7.49. The average molecular weight is 521 g/mol.